The van der Waals surface area contributed by atoms with Crippen LogP contribution < -0.4 is 20.1 Å². The predicted molar refractivity (Wildman–Crippen MR) is 96.9 cm³/mol. The van der Waals surface area contributed by atoms with Crippen LogP contribution in [0.3, 0.4) is 0 Å². The Morgan fingerprint density at radius 3 is 2.41 bits per heavy atom. The Hall–Kier alpha value is -4.01. The fraction of sp³-hybridized carbons (Fsp3) is 0.100. The number of para-hydroxylation sites is 1. The van der Waals surface area contributed by atoms with Gasteiger partial charge in [0.25, 0.3) is 11.8 Å². The molecule has 1 fully saturated rings. The van der Waals surface area contributed by atoms with Gasteiger partial charge < -0.3 is 14.6 Å². The van der Waals surface area contributed by atoms with Crippen LogP contribution in [0.25, 0.3) is 6.08 Å². The maximum Gasteiger partial charge on any atom is 0.336 e. The monoisotopic (exact) mass is 397 g/mol. The van der Waals surface area contributed by atoms with E-state index in [0.717, 1.165) is 6.07 Å². The van der Waals surface area contributed by atoms with Gasteiger partial charge in [0.15, 0.2) is 0 Å². The van der Waals surface area contributed by atoms with E-state index in [1.54, 1.807) is 0 Å². The first-order chi connectivity index (χ1) is 13.8. The number of amides is 4. The molecule has 0 unspecified atom stereocenters. The van der Waals surface area contributed by atoms with Crippen molar-refractivity contribution in [2.45, 2.75) is 13.0 Å². The second-order valence-corrected chi connectivity index (χ2v) is 6.06. The molecule has 4 amide bonds. The van der Waals surface area contributed by atoms with Crippen molar-refractivity contribution >= 4 is 35.6 Å². The summed E-state index contributed by atoms with van der Waals surface area (Å²) in [4.78, 5) is 48.2. The van der Waals surface area contributed by atoms with Crippen molar-refractivity contribution in [3.63, 3.8) is 0 Å². The molecule has 1 aliphatic rings. The molecule has 1 saturated heterocycles. The molecule has 1 heterocycles. The Kier molecular flexibility index (Phi) is 5.40. The summed E-state index contributed by atoms with van der Waals surface area (Å²) in [6, 6.07) is 9.97. The standard InChI is InChI=1S/C20H15FN2O6/c1-11(19(26)27)29-13-8-6-12(7-9-13)10-14-17(24)22-20(28)23(18(14)25)16-5-3-2-4-15(16)21/h2-11H,1H3,(H,26,27)(H,22,24,28)/p-1/b14-10-/t11-/m1/s1. The van der Waals surface area contributed by atoms with Crippen molar-refractivity contribution in [2.24, 2.45) is 0 Å². The van der Waals surface area contributed by atoms with Crippen molar-refractivity contribution in [1.82, 2.24) is 5.32 Å². The predicted octanol–water partition coefficient (Wildman–Crippen LogP) is 1.01. The lowest BCUT2D eigenvalue weighted by atomic mass is 10.1. The largest absolute Gasteiger partial charge is 0.546 e. The number of carbonyl (C=O) groups excluding carboxylic acids is 4. The fourth-order valence-corrected chi connectivity index (χ4v) is 2.57. The Bertz CT molecular complexity index is 1030. The number of aliphatic carboxylic acids is 1. The minimum atomic E-state index is -1.38. The molecule has 0 radical (unpaired) electrons. The van der Waals surface area contributed by atoms with E-state index in [4.69, 9.17) is 4.74 Å². The van der Waals surface area contributed by atoms with E-state index in [1.165, 1.54) is 55.5 Å². The zero-order valence-corrected chi connectivity index (χ0v) is 15.0. The molecule has 2 aromatic carbocycles. The number of carboxylic acids is 1. The molecule has 8 nitrogen and oxygen atoms in total. The third-order valence-corrected chi connectivity index (χ3v) is 4.03. The first-order valence-corrected chi connectivity index (χ1v) is 8.41. The van der Waals surface area contributed by atoms with Crippen molar-refractivity contribution < 1.29 is 33.4 Å². The van der Waals surface area contributed by atoms with Crippen LogP contribution in [0.4, 0.5) is 14.9 Å². The number of halogens is 1. The number of benzene rings is 2. The van der Waals surface area contributed by atoms with Gasteiger partial charge >= 0.3 is 6.03 Å². The number of hydrogen-bond donors (Lipinski definition) is 1. The van der Waals surface area contributed by atoms with Gasteiger partial charge in [-0.3, -0.25) is 14.9 Å². The highest BCUT2D eigenvalue weighted by Gasteiger charge is 2.37. The summed E-state index contributed by atoms with van der Waals surface area (Å²) in [7, 11) is 0. The van der Waals surface area contributed by atoms with Crippen LogP contribution in [0.15, 0.2) is 54.1 Å². The number of carboxylic acid groups (broad SMARTS) is 1. The van der Waals surface area contributed by atoms with Crippen molar-refractivity contribution in [2.75, 3.05) is 4.90 Å². The van der Waals surface area contributed by atoms with Gasteiger partial charge in [-0.15, -0.1) is 0 Å². The quantitative estimate of drug-likeness (QED) is 0.595. The van der Waals surface area contributed by atoms with Gasteiger partial charge in [0.05, 0.1) is 11.7 Å². The minimum absolute atomic E-state index is 0.242. The number of rotatable bonds is 5. The summed E-state index contributed by atoms with van der Waals surface area (Å²) in [5, 5.41) is 12.7. The SMILES string of the molecule is C[C@@H](Oc1ccc(/C=C2/C(=O)NC(=O)N(c3ccccc3F)C2=O)cc1)C(=O)[O-]. The van der Waals surface area contributed by atoms with Crippen molar-refractivity contribution in [1.29, 1.82) is 0 Å². The molecule has 1 atom stereocenters. The second-order valence-electron chi connectivity index (χ2n) is 6.06. The zero-order valence-electron chi connectivity index (χ0n) is 15.0. The summed E-state index contributed by atoms with van der Waals surface area (Å²) in [5.74, 6) is -3.83. The summed E-state index contributed by atoms with van der Waals surface area (Å²) < 4.78 is 19.2. The number of carbonyl (C=O) groups is 4. The fourth-order valence-electron chi connectivity index (χ4n) is 2.57. The normalized spacial score (nSPS) is 16.6. The Morgan fingerprint density at radius 1 is 1.14 bits per heavy atom. The number of ether oxygens (including phenoxy) is 1. The van der Waals surface area contributed by atoms with Gasteiger partial charge in [-0.25, -0.2) is 14.1 Å². The lowest BCUT2D eigenvalue weighted by Crippen LogP contribution is -2.54. The number of urea groups is 1. The number of imide groups is 2. The smallest absolute Gasteiger partial charge is 0.336 e. The number of anilines is 1. The lowest BCUT2D eigenvalue weighted by molar-refractivity contribution is -0.312. The van der Waals surface area contributed by atoms with Crippen molar-refractivity contribution in [3.05, 3.63) is 65.5 Å². The number of nitrogens with one attached hydrogen (secondary N) is 1. The van der Waals surface area contributed by atoms with Crippen LogP contribution in [-0.2, 0) is 14.4 Å². The molecule has 1 aliphatic heterocycles. The molecule has 0 bridgehead atoms. The van der Waals surface area contributed by atoms with Crippen LogP contribution in [-0.4, -0.2) is 29.9 Å². The lowest BCUT2D eigenvalue weighted by Gasteiger charge is -2.26. The molecule has 3 rings (SSSR count). The van der Waals surface area contributed by atoms with Gasteiger partial charge in [-0.1, -0.05) is 24.3 Å². The van der Waals surface area contributed by atoms with Crippen LogP contribution >= 0.6 is 0 Å². The van der Waals surface area contributed by atoms with E-state index >= 15 is 0 Å². The summed E-state index contributed by atoms with van der Waals surface area (Å²) in [5.41, 5.74) is -0.252. The molecule has 0 aliphatic carbocycles. The maximum absolute atomic E-state index is 14.0. The highest BCUT2D eigenvalue weighted by Crippen LogP contribution is 2.24. The molecule has 148 valence electrons. The van der Waals surface area contributed by atoms with E-state index in [9.17, 15) is 28.7 Å². The van der Waals surface area contributed by atoms with E-state index in [-0.39, 0.29) is 17.0 Å². The van der Waals surface area contributed by atoms with Crippen molar-refractivity contribution in [3.8, 4) is 5.75 Å². The van der Waals surface area contributed by atoms with Crippen LogP contribution in [0.5, 0.6) is 5.75 Å². The topological polar surface area (TPSA) is 116 Å². The van der Waals surface area contributed by atoms with Gasteiger partial charge in [0.2, 0.25) is 0 Å². The molecule has 0 saturated carbocycles. The molecule has 0 spiro atoms. The molecular weight excluding hydrogens is 383 g/mol. The number of nitrogens with zero attached hydrogens (tertiary/aromatic N) is 1. The minimum Gasteiger partial charge on any atom is -0.546 e. The molecular formula is C20H14FN2O6-. The van der Waals surface area contributed by atoms with Gasteiger partial charge in [-0.2, -0.15) is 0 Å². The first-order valence-electron chi connectivity index (χ1n) is 8.41. The molecule has 29 heavy (non-hydrogen) atoms. The number of barbiturate groups is 1. The van der Waals surface area contributed by atoms with E-state index < -0.39 is 35.7 Å². The summed E-state index contributed by atoms with van der Waals surface area (Å²) in [6.07, 6.45) is 0.0643. The molecule has 0 aromatic heterocycles. The summed E-state index contributed by atoms with van der Waals surface area (Å²) in [6.45, 7) is 1.31. The average molecular weight is 397 g/mol. The van der Waals surface area contributed by atoms with Gasteiger partial charge in [0, 0.05) is 0 Å². The Labute approximate surface area is 164 Å². The van der Waals surface area contributed by atoms with E-state index in [2.05, 4.69) is 0 Å². The molecule has 9 heteroatoms. The Morgan fingerprint density at radius 2 is 1.79 bits per heavy atom. The van der Waals surface area contributed by atoms with Gasteiger partial charge in [-0.05, 0) is 42.8 Å². The summed E-state index contributed by atoms with van der Waals surface area (Å²) >= 11 is 0. The molecule has 2 aromatic rings. The van der Waals surface area contributed by atoms with E-state index in [1.807, 2.05) is 5.32 Å². The third kappa shape index (κ3) is 4.13. The zero-order chi connectivity index (χ0) is 21.1. The van der Waals surface area contributed by atoms with Crippen LogP contribution in [0.2, 0.25) is 0 Å². The van der Waals surface area contributed by atoms with Gasteiger partial charge in [0.1, 0.15) is 23.2 Å². The Balaban J connectivity index is 1.89. The first kappa shape index (κ1) is 19.7. The molecule has 1 N–H and O–H groups in total. The third-order valence-electron chi connectivity index (χ3n) is 4.03. The second kappa shape index (κ2) is 7.93. The van der Waals surface area contributed by atoms with Crippen LogP contribution in [0.1, 0.15) is 12.5 Å². The average Bonchev–Trinajstić information content (AvgIpc) is 2.67. The highest BCUT2D eigenvalue weighted by atomic mass is 19.1. The highest BCUT2D eigenvalue weighted by molar-refractivity contribution is 6.39. The number of hydrogen-bond acceptors (Lipinski definition) is 6. The van der Waals surface area contributed by atoms with E-state index in [0.29, 0.717) is 10.5 Å². The maximum atomic E-state index is 14.0. The van der Waals surface area contributed by atoms with Crippen LogP contribution in [0, 0.1) is 5.82 Å².